The van der Waals surface area contributed by atoms with E-state index in [-0.39, 0.29) is 17.9 Å². The van der Waals surface area contributed by atoms with Crippen molar-refractivity contribution in [2.24, 2.45) is 0 Å². The molecule has 0 saturated carbocycles. The number of pyridine rings is 1. The van der Waals surface area contributed by atoms with Crippen molar-refractivity contribution in [1.29, 1.82) is 0 Å². The summed E-state index contributed by atoms with van der Waals surface area (Å²) in [7, 11) is 0. The lowest BCUT2D eigenvalue weighted by molar-refractivity contribution is -0.127. The van der Waals surface area contributed by atoms with Crippen LogP contribution in [0.2, 0.25) is 0 Å². The number of hydrogen-bond donors (Lipinski definition) is 1. The molecule has 3 rings (SSSR count). The van der Waals surface area contributed by atoms with E-state index < -0.39 is 0 Å². The maximum Gasteiger partial charge on any atom is 0.256 e. The summed E-state index contributed by atoms with van der Waals surface area (Å²) in [6.45, 7) is 2.08. The second kappa shape index (κ2) is 8.37. The van der Waals surface area contributed by atoms with E-state index in [4.69, 9.17) is 4.74 Å². The van der Waals surface area contributed by atoms with E-state index in [1.165, 1.54) is 0 Å². The molecule has 1 aromatic heterocycles. The molecule has 0 aromatic carbocycles. The standard InChI is InChI=1S/C17H23N3O3S/c21-15-5-2-9-20(15)10-3-8-18-16(22)14-4-1-7-19-17(14)23-13-6-11-24-12-13/h1,4,7,13H,2-3,5-6,8-12H2,(H,18,22)/t13-/m1/s1. The van der Waals surface area contributed by atoms with Crippen molar-refractivity contribution >= 4 is 23.6 Å². The number of nitrogens with zero attached hydrogens (tertiary/aromatic N) is 2. The van der Waals surface area contributed by atoms with Gasteiger partial charge in [0.15, 0.2) is 0 Å². The first-order valence-electron chi connectivity index (χ1n) is 8.49. The zero-order chi connectivity index (χ0) is 16.8. The van der Waals surface area contributed by atoms with Crippen molar-refractivity contribution in [2.45, 2.75) is 31.8 Å². The molecule has 3 heterocycles. The Bertz CT molecular complexity index is 590. The molecule has 1 aromatic rings. The van der Waals surface area contributed by atoms with Crippen LogP contribution >= 0.6 is 11.8 Å². The van der Waals surface area contributed by atoms with Gasteiger partial charge < -0.3 is 15.0 Å². The van der Waals surface area contributed by atoms with Gasteiger partial charge in [-0.1, -0.05) is 0 Å². The first-order valence-corrected chi connectivity index (χ1v) is 9.65. The van der Waals surface area contributed by atoms with Crippen molar-refractivity contribution < 1.29 is 14.3 Å². The van der Waals surface area contributed by atoms with Gasteiger partial charge in [-0.25, -0.2) is 4.98 Å². The Morgan fingerprint density at radius 1 is 1.50 bits per heavy atom. The van der Waals surface area contributed by atoms with Gasteiger partial charge in [0.05, 0.1) is 0 Å². The maximum absolute atomic E-state index is 12.4. The van der Waals surface area contributed by atoms with E-state index in [1.54, 1.807) is 18.3 Å². The molecule has 1 N–H and O–H groups in total. The highest BCUT2D eigenvalue weighted by Crippen LogP contribution is 2.24. The molecule has 2 aliphatic heterocycles. The van der Waals surface area contributed by atoms with Crippen LogP contribution < -0.4 is 10.1 Å². The Balaban J connectivity index is 1.48. The number of amides is 2. The minimum Gasteiger partial charge on any atom is -0.473 e. The predicted octanol–water partition coefficient (Wildman–Crippen LogP) is 1.71. The number of nitrogens with one attached hydrogen (secondary N) is 1. The van der Waals surface area contributed by atoms with E-state index in [0.717, 1.165) is 37.3 Å². The molecule has 1 atom stereocenters. The number of likely N-dealkylation sites (tertiary alicyclic amines) is 1. The molecule has 2 saturated heterocycles. The molecule has 0 bridgehead atoms. The molecular formula is C17H23N3O3S. The van der Waals surface area contributed by atoms with Crippen molar-refractivity contribution in [3.8, 4) is 5.88 Å². The van der Waals surface area contributed by atoms with E-state index in [2.05, 4.69) is 10.3 Å². The number of ether oxygens (including phenoxy) is 1. The fourth-order valence-electron chi connectivity index (χ4n) is 2.93. The fraction of sp³-hybridized carbons (Fsp3) is 0.588. The Morgan fingerprint density at radius 2 is 2.42 bits per heavy atom. The first-order chi connectivity index (χ1) is 11.7. The number of hydrogen-bond acceptors (Lipinski definition) is 5. The summed E-state index contributed by atoms with van der Waals surface area (Å²) in [6.07, 6.45) is 5.13. The Labute approximate surface area is 146 Å². The lowest BCUT2D eigenvalue weighted by Crippen LogP contribution is -2.31. The minimum atomic E-state index is -0.170. The van der Waals surface area contributed by atoms with Crippen molar-refractivity contribution in [3.05, 3.63) is 23.9 Å². The molecule has 7 heteroatoms. The summed E-state index contributed by atoms with van der Waals surface area (Å²) in [4.78, 5) is 30.0. The van der Waals surface area contributed by atoms with Crippen LogP contribution in [-0.4, -0.2) is 58.9 Å². The summed E-state index contributed by atoms with van der Waals surface area (Å²) < 4.78 is 5.88. The predicted molar refractivity (Wildman–Crippen MR) is 93.4 cm³/mol. The highest BCUT2D eigenvalue weighted by atomic mass is 32.2. The highest BCUT2D eigenvalue weighted by Gasteiger charge is 2.22. The molecule has 130 valence electrons. The topological polar surface area (TPSA) is 71.5 Å². The summed E-state index contributed by atoms with van der Waals surface area (Å²) >= 11 is 1.86. The Hall–Kier alpha value is -1.76. The van der Waals surface area contributed by atoms with E-state index >= 15 is 0 Å². The van der Waals surface area contributed by atoms with Gasteiger partial charge in [0.25, 0.3) is 5.91 Å². The van der Waals surface area contributed by atoms with Crippen LogP contribution in [0.5, 0.6) is 5.88 Å². The molecule has 2 amide bonds. The van der Waals surface area contributed by atoms with Crippen LogP contribution in [0.3, 0.4) is 0 Å². The van der Waals surface area contributed by atoms with Gasteiger partial charge in [0.1, 0.15) is 11.7 Å². The van der Waals surface area contributed by atoms with Crippen LogP contribution in [0.25, 0.3) is 0 Å². The van der Waals surface area contributed by atoms with Crippen LogP contribution in [0.15, 0.2) is 18.3 Å². The average Bonchev–Trinajstić information content (AvgIpc) is 3.24. The second-order valence-corrected chi connectivity index (χ2v) is 7.20. The third-order valence-electron chi connectivity index (χ3n) is 4.24. The van der Waals surface area contributed by atoms with Crippen LogP contribution in [0.4, 0.5) is 0 Å². The number of thioether (sulfide) groups is 1. The molecule has 2 aliphatic rings. The first kappa shape index (κ1) is 17.1. The largest absolute Gasteiger partial charge is 0.473 e. The van der Waals surface area contributed by atoms with Crippen molar-refractivity contribution in [2.75, 3.05) is 31.1 Å². The van der Waals surface area contributed by atoms with Gasteiger partial charge in [-0.05, 0) is 37.1 Å². The molecular weight excluding hydrogens is 326 g/mol. The third-order valence-corrected chi connectivity index (χ3v) is 5.38. The summed E-state index contributed by atoms with van der Waals surface area (Å²) in [5, 5.41) is 2.90. The SMILES string of the molecule is O=C(NCCCN1CCCC1=O)c1cccnc1O[C@@H]1CCSC1. The zero-order valence-corrected chi connectivity index (χ0v) is 14.5. The molecule has 6 nitrogen and oxygen atoms in total. The summed E-state index contributed by atoms with van der Waals surface area (Å²) in [6, 6.07) is 3.48. The zero-order valence-electron chi connectivity index (χ0n) is 13.7. The molecule has 0 radical (unpaired) electrons. The lowest BCUT2D eigenvalue weighted by atomic mass is 10.2. The number of aromatic nitrogens is 1. The lowest BCUT2D eigenvalue weighted by Gasteiger charge is -2.16. The second-order valence-electron chi connectivity index (χ2n) is 6.05. The smallest absolute Gasteiger partial charge is 0.256 e. The van der Waals surface area contributed by atoms with E-state index in [0.29, 0.717) is 31.0 Å². The van der Waals surface area contributed by atoms with E-state index in [9.17, 15) is 9.59 Å². The van der Waals surface area contributed by atoms with Gasteiger partial charge in [-0.3, -0.25) is 9.59 Å². The van der Waals surface area contributed by atoms with Crippen molar-refractivity contribution in [1.82, 2.24) is 15.2 Å². The summed E-state index contributed by atoms with van der Waals surface area (Å²) in [5.74, 6) is 2.50. The molecule has 24 heavy (non-hydrogen) atoms. The monoisotopic (exact) mass is 349 g/mol. The maximum atomic E-state index is 12.4. The Kier molecular flexibility index (Phi) is 5.96. The highest BCUT2D eigenvalue weighted by molar-refractivity contribution is 7.99. The third kappa shape index (κ3) is 4.41. The minimum absolute atomic E-state index is 0.137. The Morgan fingerprint density at radius 3 is 3.17 bits per heavy atom. The van der Waals surface area contributed by atoms with Gasteiger partial charge >= 0.3 is 0 Å². The van der Waals surface area contributed by atoms with Crippen molar-refractivity contribution in [3.63, 3.8) is 0 Å². The van der Waals surface area contributed by atoms with Gasteiger partial charge in [-0.15, -0.1) is 0 Å². The molecule has 0 spiro atoms. The quantitative estimate of drug-likeness (QED) is 0.759. The number of carbonyl (C=O) groups excluding carboxylic acids is 2. The average molecular weight is 349 g/mol. The molecule has 0 aliphatic carbocycles. The summed E-state index contributed by atoms with van der Waals surface area (Å²) in [5.41, 5.74) is 0.478. The van der Waals surface area contributed by atoms with Crippen LogP contribution in [0, 0.1) is 0 Å². The normalized spacial score (nSPS) is 20.4. The van der Waals surface area contributed by atoms with E-state index in [1.807, 2.05) is 16.7 Å². The fourth-order valence-corrected chi connectivity index (χ4v) is 4.02. The van der Waals surface area contributed by atoms with Crippen LogP contribution in [-0.2, 0) is 4.79 Å². The van der Waals surface area contributed by atoms with Gasteiger partial charge in [-0.2, -0.15) is 11.8 Å². The van der Waals surface area contributed by atoms with Crippen LogP contribution in [0.1, 0.15) is 36.0 Å². The molecule has 0 unspecified atom stereocenters. The molecule has 2 fully saturated rings. The number of rotatable bonds is 7. The number of carbonyl (C=O) groups is 2. The van der Waals surface area contributed by atoms with Gasteiger partial charge in [0, 0.05) is 38.0 Å². The van der Waals surface area contributed by atoms with Gasteiger partial charge in [0.2, 0.25) is 11.8 Å².